The molecule has 1 atom stereocenters. The first-order valence-corrected chi connectivity index (χ1v) is 5.70. The van der Waals surface area contributed by atoms with E-state index in [1.807, 2.05) is 18.2 Å². The van der Waals surface area contributed by atoms with Crippen molar-refractivity contribution in [1.82, 2.24) is 15.2 Å². The molecule has 1 aliphatic heterocycles. The van der Waals surface area contributed by atoms with Crippen molar-refractivity contribution < 1.29 is 0 Å². The molecule has 82 valence electrons. The van der Waals surface area contributed by atoms with Gasteiger partial charge in [0.25, 0.3) is 0 Å². The van der Waals surface area contributed by atoms with Crippen LogP contribution in [0.1, 0.15) is 12.6 Å². The minimum absolute atomic E-state index is 0.569. The molecule has 0 aromatic carbocycles. The van der Waals surface area contributed by atoms with Gasteiger partial charge in [-0.1, -0.05) is 17.7 Å². The highest BCUT2D eigenvalue weighted by Gasteiger charge is 2.17. The number of nitrogens with one attached hydrogen (secondary N) is 1. The Morgan fingerprint density at radius 2 is 2.47 bits per heavy atom. The Bertz CT molecular complexity index is 329. The Morgan fingerprint density at radius 1 is 1.60 bits per heavy atom. The summed E-state index contributed by atoms with van der Waals surface area (Å²) >= 11 is 5.86. The van der Waals surface area contributed by atoms with Gasteiger partial charge in [0.2, 0.25) is 0 Å². The van der Waals surface area contributed by atoms with Gasteiger partial charge in [0.1, 0.15) is 5.15 Å². The number of halogens is 1. The van der Waals surface area contributed by atoms with E-state index >= 15 is 0 Å². The molecule has 0 radical (unpaired) electrons. The Balaban J connectivity index is 2.01. The maximum absolute atomic E-state index is 5.86. The van der Waals surface area contributed by atoms with Crippen LogP contribution in [0.3, 0.4) is 0 Å². The number of piperazine rings is 1. The lowest BCUT2D eigenvalue weighted by atomic mass is 10.2. The van der Waals surface area contributed by atoms with E-state index in [2.05, 4.69) is 22.1 Å². The third kappa shape index (κ3) is 2.91. The van der Waals surface area contributed by atoms with Crippen LogP contribution in [0.5, 0.6) is 0 Å². The summed E-state index contributed by atoms with van der Waals surface area (Å²) in [5, 5.41) is 3.95. The monoisotopic (exact) mass is 225 g/mol. The van der Waals surface area contributed by atoms with Gasteiger partial charge in [0.05, 0.1) is 5.69 Å². The molecule has 0 bridgehead atoms. The highest BCUT2D eigenvalue weighted by molar-refractivity contribution is 6.29. The van der Waals surface area contributed by atoms with Gasteiger partial charge in [-0.15, -0.1) is 0 Å². The third-order valence-electron chi connectivity index (χ3n) is 2.78. The molecule has 4 heteroatoms. The van der Waals surface area contributed by atoms with Gasteiger partial charge in [-0.05, 0) is 19.1 Å². The smallest absolute Gasteiger partial charge is 0.129 e. The number of hydrogen-bond donors (Lipinski definition) is 1. The van der Waals surface area contributed by atoms with Crippen LogP contribution in [0.2, 0.25) is 5.15 Å². The molecule has 0 spiro atoms. The predicted molar refractivity (Wildman–Crippen MR) is 62.0 cm³/mol. The Morgan fingerprint density at radius 3 is 3.20 bits per heavy atom. The molecule has 1 fully saturated rings. The van der Waals surface area contributed by atoms with Crippen molar-refractivity contribution in [3.05, 3.63) is 29.0 Å². The molecule has 0 aliphatic carbocycles. The average Bonchev–Trinajstić information content (AvgIpc) is 2.22. The quantitative estimate of drug-likeness (QED) is 0.774. The first kappa shape index (κ1) is 10.9. The molecule has 3 nitrogen and oxygen atoms in total. The summed E-state index contributed by atoms with van der Waals surface area (Å²) < 4.78 is 0. The van der Waals surface area contributed by atoms with Crippen LogP contribution >= 0.6 is 11.6 Å². The maximum atomic E-state index is 5.86. The zero-order valence-electron chi connectivity index (χ0n) is 8.91. The molecule has 2 heterocycles. The summed E-state index contributed by atoms with van der Waals surface area (Å²) in [5.74, 6) is 0. The fraction of sp³-hybridized carbons (Fsp3) is 0.545. The van der Waals surface area contributed by atoms with E-state index in [1.165, 1.54) is 0 Å². The van der Waals surface area contributed by atoms with Gasteiger partial charge in [-0.2, -0.15) is 0 Å². The highest BCUT2D eigenvalue weighted by Crippen LogP contribution is 2.10. The summed E-state index contributed by atoms with van der Waals surface area (Å²) in [7, 11) is 0. The first-order valence-electron chi connectivity index (χ1n) is 5.32. The van der Waals surface area contributed by atoms with Crippen molar-refractivity contribution in [2.75, 3.05) is 19.6 Å². The van der Waals surface area contributed by atoms with Crippen LogP contribution in [-0.4, -0.2) is 35.6 Å². The molecule has 1 aliphatic rings. The van der Waals surface area contributed by atoms with Crippen LogP contribution in [0, 0.1) is 0 Å². The van der Waals surface area contributed by atoms with Crippen LogP contribution < -0.4 is 5.32 Å². The summed E-state index contributed by atoms with van der Waals surface area (Å²) in [6, 6.07) is 6.37. The van der Waals surface area contributed by atoms with E-state index in [9.17, 15) is 0 Å². The van der Waals surface area contributed by atoms with Gasteiger partial charge < -0.3 is 5.32 Å². The molecule has 1 aromatic rings. The highest BCUT2D eigenvalue weighted by atomic mass is 35.5. The number of hydrogen-bond acceptors (Lipinski definition) is 3. The third-order valence-corrected chi connectivity index (χ3v) is 2.99. The van der Waals surface area contributed by atoms with Gasteiger partial charge >= 0.3 is 0 Å². The predicted octanol–water partition coefficient (Wildman–Crippen LogP) is 1.53. The van der Waals surface area contributed by atoms with Gasteiger partial charge in [0.15, 0.2) is 0 Å². The largest absolute Gasteiger partial charge is 0.314 e. The SMILES string of the molecule is C[C@H]1CNCCN1Cc1cccc(Cl)n1. The van der Waals surface area contributed by atoms with Crippen molar-refractivity contribution in [3.63, 3.8) is 0 Å². The lowest BCUT2D eigenvalue weighted by molar-refractivity contribution is 0.164. The van der Waals surface area contributed by atoms with Gasteiger partial charge in [-0.3, -0.25) is 4.90 Å². The molecule has 0 amide bonds. The summed E-state index contributed by atoms with van der Waals surface area (Å²) in [5.41, 5.74) is 1.05. The van der Waals surface area contributed by atoms with Gasteiger partial charge in [-0.25, -0.2) is 4.98 Å². The van der Waals surface area contributed by atoms with Crippen LogP contribution in [0.4, 0.5) is 0 Å². The molecular weight excluding hydrogens is 210 g/mol. The average molecular weight is 226 g/mol. The normalized spacial score (nSPS) is 22.9. The molecule has 1 N–H and O–H groups in total. The van der Waals surface area contributed by atoms with Gasteiger partial charge in [0, 0.05) is 32.2 Å². The topological polar surface area (TPSA) is 28.2 Å². The molecule has 0 saturated carbocycles. The number of nitrogens with zero attached hydrogens (tertiary/aromatic N) is 2. The Hall–Kier alpha value is -0.640. The molecule has 2 rings (SSSR count). The Kier molecular flexibility index (Phi) is 3.57. The standard InChI is InChI=1S/C11H16ClN3/c1-9-7-13-5-6-15(9)8-10-3-2-4-11(12)14-10/h2-4,9,13H,5-8H2,1H3/t9-/m0/s1. The lowest BCUT2D eigenvalue weighted by Gasteiger charge is -2.33. The maximum Gasteiger partial charge on any atom is 0.129 e. The summed E-state index contributed by atoms with van der Waals surface area (Å²) in [6.45, 7) is 6.32. The van der Waals surface area contributed by atoms with E-state index in [-0.39, 0.29) is 0 Å². The molecular formula is C11H16ClN3. The fourth-order valence-corrected chi connectivity index (χ4v) is 2.05. The summed E-state index contributed by atoms with van der Waals surface area (Å²) in [4.78, 5) is 6.73. The van der Waals surface area contributed by atoms with E-state index in [0.29, 0.717) is 11.2 Å². The van der Waals surface area contributed by atoms with Crippen molar-refractivity contribution in [2.45, 2.75) is 19.5 Å². The van der Waals surface area contributed by atoms with E-state index in [4.69, 9.17) is 11.6 Å². The number of aromatic nitrogens is 1. The van der Waals surface area contributed by atoms with E-state index in [1.54, 1.807) is 0 Å². The number of rotatable bonds is 2. The molecule has 15 heavy (non-hydrogen) atoms. The number of pyridine rings is 1. The van der Waals surface area contributed by atoms with Crippen LogP contribution in [-0.2, 0) is 6.54 Å². The lowest BCUT2D eigenvalue weighted by Crippen LogP contribution is -2.49. The zero-order valence-corrected chi connectivity index (χ0v) is 9.67. The molecule has 1 aromatic heterocycles. The van der Waals surface area contributed by atoms with Crippen LogP contribution in [0.25, 0.3) is 0 Å². The second kappa shape index (κ2) is 4.92. The minimum Gasteiger partial charge on any atom is -0.314 e. The molecule has 1 saturated heterocycles. The van der Waals surface area contributed by atoms with Crippen molar-refractivity contribution in [3.8, 4) is 0 Å². The van der Waals surface area contributed by atoms with Crippen molar-refractivity contribution >= 4 is 11.6 Å². The fourth-order valence-electron chi connectivity index (χ4n) is 1.86. The summed E-state index contributed by atoms with van der Waals surface area (Å²) in [6.07, 6.45) is 0. The van der Waals surface area contributed by atoms with E-state index in [0.717, 1.165) is 31.9 Å². The van der Waals surface area contributed by atoms with Crippen molar-refractivity contribution in [1.29, 1.82) is 0 Å². The second-order valence-electron chi connectivity index (χ2n) is 3.98. The van der Waals surface area contributed by atoms with E-state index < -0.39 is 0 Å². The van der Waals surface area contributed by atoms with Crippen molar-refractivity contribution in [2.24, 2.45) is 0 Å². The zero-order chi connectivity index (χ0) is 10.7. The molecule has 0 unspecified atom stereocenters. The van der Waals surface area contributed by atoms with Crippen LogP contribution in [0.15, 0.2) is 18.2 Å². The first-order chi connectivity index (χ1) is 7.25. The second-order valence-corrected chi connectivity index (χ2v) is 4.36. The minimum atomic E-state index is 0.569. The Labute approximate surface area is 95.4 Å².